The maximum Gasteiger partial charge on any atom is 0.306 e. The summed E-state index contributed by atoms with van der Waals surface area (Å²) in [4.78, 5) is 26.0. The Hall–Kier alpha value is -2.62. The number of carbonyl (C=O) groups excluding carboxylic acids is 1. The molecule has 1 N–H and O–H groups in total. The van der Waals surface area contributed by atoms with E-state index in [0.717, 1.165) is 12.1 Å². The summed E-state index contributed by atoms with van der Waals surface area (Å²) in [6.07, 6.45) is 2.61. The molecule has 2 atom stereocenters. The smallest absolute Gasteiger partial charge is 0.306 e. The van der Waals surface area contributed by atoms with Crippen LogP contribution in [0.15, 0.2) is 48.5 Å². The molecular weight excluding hydrogens is 314 g/mol. The first kappa shape index (κ1) is 15.9. The van der Waals surface area contributed by atoms with Crippen molar-refractivity contribution in [1.29, 1.82) is 0 Å². The van der Waals surface area contributed by atoms with Crippen molar-refractivity contribution >= 4 is 17.6 Å². The zero-order chi connectivity index (χ0) is 17.4. The lowest BCUT2D eigenvalue weighted by molar-refractivity contribution is -0.141. The van der Waals surface area contributed by atoms with Gasteiger partial charge in [0.2, 0.25) is 5.91 Å². The summed E-state index contributed by atoms with van der Waals surface area (Å²) in [5, 5.41) is 9.17. The second-order valence-electron chi connectivity index (χ2n) is 6.95. The molecule has 1 heterocycles. The summed E-state index contributed by atoms with van der Waals surface area (Å²) in [7, 11) is 0. The summed E-state index contributed by atoms with van der Waals surface area (Å²) in [6.45, 7) is 0.687. The summed E-state index contributed by atoms with van der Waals surface area (Å²) < 4.78 is 0. The number of rotatable bonds is 3. The van der Waals surface area contributed by atoms with Gasteiger partial charge in [-0.2, -0.15) is 0 Å². The van der Waals surface area contributed by atoms with E-state index in [1.807, 2.05) is 35.2 Å². The van der Waals surface area contributed by atoms with Crippen molar-refractivity contribution in [3.05, 3.63) is 54.1 Å². The first-order valence-electron chi connectivity index (χ1n) is 8.86. The number of anilines is 1. The van der Waals surface area contributed by atoms with E-state index in [0.29, 0.717) is 25.8 Å². The van der Waals surface area contributed by atoms with Crippen LogP contribution in [0.1, 0.15) is 24.8 Å². The lowest BCUT2D eigenvalue weighted by Gasteiger charge is -2.21. The van der Waals surface area contributed by atoms with Gasteiger partial charge in [0.15, 0.2) is 0 Å². The third kappa shape index (κ3) is 2.82. The van der Waals surface area contributed by atoms with Gasteiger partial charge in [0, 0.05) is 18.2 Å². The molecule has 1 aliphatic carbocycles. The van der Waals surface area contributed by atoms with Crippen LogP contribution in [0.5, 0.6) is 0 Å². The molecule has 2 aromatic rings. The Bertz CT molecular complexity index is 815. The Morgan fingerprint density at radius 1 is 0.960 bits per heavy atom. The second kappa shape index (κ2) is 6.36. The Balaban J connectivity index is 1.61. The molecule has 0 radical (unpaired) electrons. The van der Waals surface area contributed by atoms with Gasteiger partial charge >= 0.3 is 5.97 Å². The molecule has 1 fully saturated rings. The second-order valence-corrected chi connectivity index (χ2v) is 6.95. The van der Waals surface area contributed by atoms with Crippen molar-refractivity contribution in [2.24, 2.45) is 11.8 Å². The van der Waals surface area contributed by atoms with Crippen LogP contribution in [0.4, 0.5) is 5.69 Å². The van der Waals surface area contributed by atoms with Crippen LogP contribution in [0.2, 0.25) is 0 Å². The monoisotopic (exact) mass is 335 g/mol. The average molecular weight is 335 g/mol. The van der Waals surface area contributed by atoms with Crippen molar-refractivity contribution in [2.45, 2.75) is 25.7 Å². The van der Waals surface area contributed by atoms with Gasteiger partial charge in [-0.05, 0) is 48.4 Å². The number of nitrogens with zero attached hydrogens (tertiary/aromatic N) is 1. The molecular formula is C21H21NO3. The fraction of sp³-hybridized carbons (Fsp3) is 0.333. The summed E-state index contributed by atoms with van der Waals surface area (Å²) >= 11 is 0. The van der Waals surface area contributed by atoms with Crippen LogP contribution in [-0.4, -0.2) is 23.5 Å². The van der Waals surface area contributed by atoms with Crippen LogP contribution in [0.25, 0.3) is 11.1 Å². The predicted octanol–water partition coefficient (Wildman–Crippen LogP) is 3.74. The van der Waals surface area contributed by atoms with E-state index in [4.69, 9.17) is 0 Å². The van der Waals surface area contributed by atoms with Crippen molar-refractivity contribution in [3.63, 3.8) is 0 Å². The molecule has 1 aliphatic heterocycles. The van der Waals surface area contributed by atoms with E-state index < -0.39 is 5.97 Å². The highest BCUT2D eigenvalue weighted by molar-refractivity contribution is 5.99. The minimum atomic E-state index is -0.775. The quantitative estimate of drug-likeness (QED) is 0.929. The van der Waals surface area contributed by atoms with E-state index in [1.165, 1.54) is 16.7 Å². The number of aliphatic carboxylic acids is 1. The normalized spacial score (nSPS) is 22.0. The van der Waals surface area contributed by atoms with Crippen LogP contribution in [0, 0.1) is 11.8 Å². The van der Waals surface area contributed by atoms with Gasteiger partial charge in [-0.15, -0.1) is 0 Å². The Morgan fingerprint density at radius 3 is 2.44 bits per heavy atom. The summed E-state index contributed by atoms with van der Waals surface area (Å²) in [5.41, 5.74) is 4.56. The largest absolute Gasteiger partial charge is 0.481 e. The van der Waals surface area contributed by atoms with E-state index in [9.17, 15) is 14.7 Å². The number of benzene rings is 2. The highest BCUT2D eigenvalue weighted by atomic mass is 16.4. The minimum Gasteiger partial charge on any atom is -0.481 e. The topological polar surface area (TPSA) is 57.6 Å². The van der Waals surface area contributed by atoms with E-state index >= 15 is 0 Å². The predicted molar refractivity (Wildman–Crippen MR) is 96.4 cm³/mol. The Kier molecular flexibility index (Phi) is 4.04. The SMILES string of the molecule is O=C(O)[C@@H]1CC[C@H](C(=O)N2CCc3c(-c4ccccc4)cccc32)C1. The number of carbonyl (C=O) groups is 2. The zero-order valence-corrected chi connectivity index (χ0v) is 14.0. The maximum absolute atomic E-state index is 13.0. The molecule has 4 rings (SSSR count). The van der Waals surface area contributed by atoms with Gasteiger partial charge < -0.3 is 10.0 Å². The lowest BCUT2D eigenvalue weighted by atomic mass is 9.98. The van der Waals surface area contributed by atoms with E-state index in [-0.39, 0.29) is 17.7 Å². The fourth-order valence-electron chi connectivity index (χ4n) is 4.20. The van der Waals surface area contributed by atoms with E-state index in [2.05, 4.69) is 18.2 Å². The molecule has 1 saturated carbocycles. The van der Waals surface area contributed by atoms with Crippen LogP contribution in [-0.2, 0) is 16.0 Å². The van der Waals surface area contributed by atoms with Crippen LogP contribution >= 0.6 is 0 Å². The van der Waals surface area contributed by atoms with Gasteiger partial charge in [-0.3, -0.25) is 9.59 Å². The maximum atomic E-state index is 13.0. The Morgan fingerprint density at radius 2 is 1.72 bits per heavy atom. The van der Waals surface area contributed by atoms with Crippen molar-refractivity contribution in [1.82, 2.24) is 0 Å². The molecule has 128 valence electrons. The zero-order valence-electron chi connectivity index (χ0n) is 14.0. The van der Waals surface area contributed by atoms with Gasteiger partial charge in [-0.1, -0.05) is 42.5 Å². The Labute approximate surface area is 147 Å². The minimum absolute atomic E-state index is 0.0905. The first-order valence-corrected chi connectivity index (χ1v) is 8.86. The van der Waals surface area contributed by atoms with Gasteiger partial charge in [0.1, 0.15) is 0 Å². The highest BCUT2D eigenvalue weighted by Crippen LogP contribution is 2.39. The fourth-order valence-corrected chi connectivity index (χ4v) is 4.20. The molecule has 0 saturated heterocycles. The molecule has 25 heavy (non-hydrogen) atoms. The summed E-state index contributed by atoms with van der Waals surface area (Å²) in [5.74, 6) is -1.21. The standard InChI is InChI=1S/C21H21NO3/c23-20(15-9-10-16(13-15)21(24)25)22-12-11-18-17(7-4-8-19(18)22)14-5-2-1-3-6-14/h1-8,15-16H,9-13H2,(H,24,25)/t15-,16+/m0/s1. The molecule has 4 heteroatoms. The van der Waals surface area contributed by atoms with Crippen LogP contribution in [0.3, 0.4) is 0 Å². The third-order valence-corrected chi connectivity index (χ3v) is 5.51. The molecule has 2 aliphatic rings. The molecule has 4 nitrogen and oxygen atoms in total. The number of carboxylic acid groups (broad SMARTS) is 1. The molecule has 1 amide bonds. The van der Waals surface area contributed by atoms with Crippen LogP contribution < -0.4 is 4.90 Å². The number of amides is 1. The number of fused-ring (bicyclic) bond motifs is 1. The molecule has 0 unspecified atom stereocenters. The highest BCUT2D eigenvalue weighted by Gasteiger charge is 2.38. The van der Waals surface area contributed by atoms with Crippen molar-refractivity contribution in [3.8, 4) is 11.1 Å². The molecule has 0 aromatic heterocycles. The van der Waals surface area contributed by atoms with Gasteiger partial charge in [0.05, 0.1) is 5.92 Å². The first-order chi connectivity index (χ1) is 12.1. The molecule has 2 aromatic carbocycles. The van der Waals surface area contributed by atoms with E-state index in [1.54, 1.807) is 0 Å². The molecule has 0 spiro atoms. The van der Waals surface area contributed by atoms with Gasteiger partial charge in [0.25, 0.3) is 0 Å². The number of carboxylic acids is 1. The third-order valence-electron chi connectivity index (χ3n) is 5.51. The van der Waals surface area contributed by atoms with Gasteiger partial charge in [-0.25, -0.2) is 0 Å². The van der Waals surface area contributed by atoms with Crippen molar-refractivity contribution < 1.29 is 14.7 Å². The molecule has 0 bridgehead atoms. The number of hydrogen-bond acceptors (Lipinski definition) is 2. The summed E-state index contributed by atoms with van der Waals surface area (Å²) in [6, 6.07) is 16.4. The lowest BCUT2D eigenvalue weighted by Crippen LogP contribution is -2.34. The average Bonchev–Trinajstić information content (AvgIpc) is 3.29. The number of hydrogen-bond donors (Lipinski definition) is 1. The van der Waals surface area contributed by atoms with Crippen molar-refractivity contribution in [2.75, 3.05) is 11.4 Å².